The van der Waals surface area contributed by atoms with Crippen LogP contribution in [0.2, 0.25) is 0 Å². The monoisotopic (exact) mass is 354 g/mol. The molecule has 7 nitrogen and oxygen atoms in total. The molecule has 1 amide bonds. The van der Waals surface area contributed by atoms with E-state index >= 15 is 0 Å². The molecule has 6 rings (SSSR count). The van der Waals surface area contributed by atoms with E-state index < -0.39 is 11.2 Å². The zero-order valence-electron chi connectivity index (χ0n) is 14.7. The molecule has 4 aliphatic rings. The molecule has 2 N–H and O–H groups in total. The first-order valence-electron chi connectivity index (χ1n) is 9.34. The van der Waals surface area contributed by atoms with Crippen molar-refractivity contribution < 1.29 is 4.79 Å². The number of nitrogens with zero attached hydrogens (tertiary/aromatic N) is 2. The smallest absolute Gasteiger partial charge is 0.329 e. The fraction of sp³-hybridized carbons (Fsp3) is 0.579. The van der Waals surface area contributed by atoms with Crippen LogP contribution in [-0.2, 0) is 7.05 Å². The molecule has 2 heterocycles. The number of fused-ring (bicyclic) bond motifs is 1. The quantitative estimate of drug-likeness (QED) is 0.850. The van der Waals surface area contributed by atoms with Crippen molar-refractivity contribution >= 4 is 16.9 Å². The Bertz CT molecular complexity index is 1000. The highest BCUT2D eigenvalue weighted by Crippen LogP contribution is 2.55. The zero-order valence-corrected chi connectivity index (χ0v) is 14.7. The van der Waals surface area contributed by atoms with E-state index in [9.17, 15) is 14.4 Å². The lowest BCUT2D eigenvalue weighted by Crippen LogP contribution is -2.59. The van der Waals surface area contributed by atoms with Crippen molar-refractivity contribution in [1.29, 1.82) is 0 Å². The van der Waals surface area contributed by atoms with Crippen molar-refractivity contribution in [3.05, 3.63) is 38.7 Å². The van der Waals surface area contributed by atoms with Crippen LogP contribution in [0.3, 0.4) is 0 Å². The van der Waals surface area contributed by atoms with Gasteiger partial charge in [-0.25, -0.2) is 9.78 Å². The van der Waals surface area contributed by atoms with Gasteiger partial charge in [0.1, 0.15) is 5.65 Å². The molecule has 0 radical (unpaired) electrons. The maximum absolute atomic E-state index is 12.9. The number of aromatic nitrogens is 3. The Balaban J connectivity index is 1.48. The summed E-state index contributed by atoms with van der Waals surface area (Å²) >= 11 is 0. The van der Waals surface area contributed by atoms with Crippen LogP contribution in [0, 0.1) is 17.8 Å². The molecule has 4 saturated carbocycles. The predicted molar refractivity (Wildman–Crippen MR) is 96.0 cm³/mol. The number of hydrogen-bond donors (Lipinski definition) is 2. The Morgan fingerprint density at radius 1 is 1.19 bits per heavy atom. The minimum Gasteiger partial charge on any atom is -0.347 e. The van der Waals surface area contributed by atoms with Crippen LogP contribution in [0.15, 0.2) is 21.9 Å². The molecule has 4 bridgehead atoms. The van der Waals surface area contributed by atoms with Gasteiger partial charge in [-0.1, -0.05) is 0 Å². The molecule has 7 heteroatoms. The molecule has 136 valence electrons. The lowest BCUT2D eigenvalue weighted by atomic mass is 9.53. The standard InChI is InChI=1S/C19H22N4O3/c1-23-15-14(17(25)21-18(23)26)5-13(9-20-15)16(24)22-19-6-10-2-11(7-19)4-12(3-10)8-19/h5,9-12H,2-4,6-8H2,1H3,(H,22,24)(H,21,25,26). The fourth-order valence-corrected chi connectivity index (χ4v) is 5.94. The number of H-pyrrole nitrogens is 1. The Morgan fingerprint density at radius 2 is 1.81 bits per heavy atom. The number of pyridine rings is 1. The molecule has 4 fully saturated rings. The van der Waals surface area contributed by atoms with Crippen LogP contribution < -0.4 is 16.6 Å². The second-order valence-corrected chi connectivity index (χ2v) is 8.57. The Morgan fingerprint density at radius 3 is 2.42 bits per heavy atom. The Hall–Kier alpha value is -2.44. The number of amides is 1. The summed E-state index contributed by atoms with van der Waals surface area (Å²) in [6, 6.07) is 1.54. The summed E-state index contributed by atoms with van der Waals surface area (Å²) in [5.74, 6) is 2.06. The van der Waals surface area contributed by atoms with Crippen molar-refractivity contribution in [3.63, 3.8) is 0 Å². The molecule has 2 aromatic heterocycles. The van der Waals surface area contributed by atoms with Gasteiger partial charge in [-0.2, -0.15) is 0 Å². The molecule has 0 aliphatic heterocycles. The van der Waals surface area contributed by atoms with E-state index in [1.165, 1.54) is 36.1 Å². The largest absolute Gasteiger partial charge is 0.347 e. The van der Waals surface area contributed by atoms with Crippen molar-refractivity contribution in [2.45, 2.75) is 44.1 Å². The highest BCUT2D eigenvalue weighted by Gasteiger charge is 2.51. The molecule has 2 aromatic rings. The summed E-state index contributed by atoms with van der Waals surface area (Å²) < 4.78 is 1.28. The van der Waals surface area contributed by atoms with Gasteiger partial charge in [-0.05, 0) is 62.3 Å². The van der Waals surface area contributed by atoms with E-state index in [4.69, 9.17) is 0 Å². The molecule has 0 spiro atoms. The highest BCUT2D eigenvalue weighted by atomic mass is 16.2. The van der Waals surface area contributed by atoms with Crippen LogP contribution >= 0.6 is 0 Å². The van der Waals surface area contributed by atoms with E-state index in [0.29, 0.717) is 5.56 Å². The molecular formula is C19H22N4O3. The molecule has 0 unspecified atom stereocenters. The van der Waals surface area contributed by atoms with Crippen LogP contribution in [-0.4, -0.2) is 26.0 Å². The molecule has 26 heavy (non-hydrogen) atoms. The maximum atomic E-state index is 12.9. The number of rotatable bonds is 2. The van der Waals surface area contributed by atoms with Gasteiger partial charge >= 0.3 is 5.69 Å². The SMILES string of the molecule is Cn1c(=O)[nH]c(=O)c2cc(C(=O)NC34CC5CC(CC(C5)C3)C4)cnc21. The summed E-state index contributed by atoms with van der Waals surface area (Å²) in [6.45, 7) is 0. The number of aromatic amines is 1. The zero-order chi connectivity index (χ0) is 18.1. The lowest BCUT2D eigenvalue weighted by molar-refractivity contribution is -0.0167. The van der Waals surface area contributed by atoms with Crippen LogP contribution in [0.1, 0.15) is 48.9 Å². The second-order valence-electron chi connectivity index (χ2n) is 8.57. The average Bonchev–Trinajstić information content (AvgIpc) is 2.57. The number of aryl methyl sites for hydroxylation is 1. The van der Waals surface area contributed by atoms with Gasteiger partial charge in [0.25, 0.3) is 11.5 Å². The molecule has 0 aromatic carbocycles. The van der Waals surface area contributed by atoms with Gasteiger partial charge in [0.15, 0.2) is 0 Å². The summed E-state index contributed by atoms with van der Waals surface area (Å²) in [6.07, 6.45) is 8.61. The van der Waals surface area contributed by atoms with Crippen molar-refractivity contribution in [1.82, 2.24) is 19.9 Å². The van der Waals surface area contributed by atoms with Gasteiger partial charge < -0.3 is 5.32 Å². The van der Waals surface area contributed by atoms with Crippen molar-refractivity contribution in [2.24, 2.45) is 24.8 Å². The molecular weight excluding hydrogens is 332 g/mol. The van der Waals surface area contributed by atoms with Gasteiger partial charge in [-0.3, -0.25) is 19.1 Å². The molecule has 4 aliphatic carbocycles. The fourth-order valence-electron chi connectivity index (χ4n) is 5.94. The summed E-state index contributed by atoms with van der Waals surface area (Å²) in [5.41, 5.74) is -0.458. The number of nitrogens with one attached hydrogen (secondary N) is 2. The van der Waals surface area contributed by atoms with Crippen molar-refractivity contribution in [2.75, 3.05) is 0 Å². The van der Waals surface area contributed by atoms with E-state index in [2.05, 4.69) is 15.3 Å². The van der Waals surface area contributed by atoms with E-state index in [1.54, 1.807) is 7.05 Å². The number of hydrogen-bond acceptors (Lipinski definition) is 4. The van der Waals surface area contributed by atoms with Gasteiger partial charge in [0, 0.05) is 18.8 Å². The third-order valence-corrected chi connectivity index (χ3v) is 6.63. The van der Waals surface area contributed by atoms with Crippen LogP contribution in [0.25, 0.3) is 11.0 Å². The topological polar surface area (TPSA) is 96.9 Å². The minimum atomic E-state index is -0.514. The maximum Gasteiger partial charge on any atom is 0.329 e. The Kier molecular flexibility index (Phi) is 3.21. The first-order valence-corrected chi connectivity index (χ1v) is 9.34. The number of carbonyl (C=O) groups is 1. The van der Waals surface area contributed by atoms with Gasteiger partial charge in [0.05, 0.1) is 10.9 Å². The number of carbonyl (C=O) groups excluding carboxylic acids is 1. The average molecular weight is 354 g/mol. The molecule has 0 atom stereocenters. The Labute approximate surface area is 149 Å². The van der Waals surface area contributed by atoms with Crippen LogP contribution in [0.5, 0.6) is 0 Å². The third kappa shape index (κ3) is 2.33. The van der Waals surface area contributed by atoms with E-state index in [-0.39, 0.29) is 22.5 Å². The van der Waals surface area contributed by atoms with Crippen LogP contribution in [0.4, 0.5) is 0 Å². The second kappa shape index (κ2) is 5.28. The first-order chi connectivity index (χ1) is 12.4. The summed E-state index contributed by atoms with van der Waals surface area (Å²) in [4.78, 5) is 43.1. The van der Waals surface area contributed by atoms with Crippen molar-refractivity contribution in [3.8, 4) is 0 Å². The van der Waals surface area contributed by atoms with Gasteiger partial charge in [-0.15, -0.1) is 0 Å². The lowest BCUT2D eigenvalue weighted by Gasteiger charge is -2.56. The van der Waals surface area contributed by atoms with E-state index in [0.717, 1.165) is 37.0 Å². The van der Waals surface area contributed by atoms with E-state index in [1.807, 2.05) is 0 Å². The molecule has 0 saturated heterocycles. The highest BCUT2D eigenvalue weighted by molar-refractivity contribution is 5.97. The summed E-state index contributed by atoms with van der Waals surface area (Å²) in [7, 11) is 1.54. The minimum absolute atomic E-state index is 0.0866. The summed E-state index contributed by atoms with van der Waals surface area (Å²) in [5, 5.41) is 3.55. The third-order valence-electron chi connectivity index (χ3n) is 6.63. The normalized spacial score (nSPS) is 32.1. The first kappa shape index (κ1) is 15.8. The van der Waals surface area contributed by atoms with Gasteiger partial charge in [0.2, 0.25) is 0 Å². The predicted octanol–water partition coefficient (Wildman–Crippen LogP) is 1.32.